The predicted molar refractivity (Wildman–Crippen MR) is 103 cm³/mol. The molecule has 0 saturated heterocycles. The molecule has 28 heavy (non-hydrogen) atoms. The van der Waals surface area contributed by atoms with E-state index in [-0.39, 0.29) is 25.2 Å². The number of aliphatic hydroxyl groups is 3. The lowest BCUT2D eigenvalue weighted by Crippen LogP contribution is -2.27. The van der Waals surface area contributed by atoms with Crippen LogP contribution in [0, 0.1) is 11.3 Å². The summed E-state index contributed by atoms with van der Waals surface area (Å²) in [5.41, 5.74) is 0.754. The molecule has 0 amide bonds. The van der Waals surface area contributed by atoms with E-state index in [0.29, 0.717) is 16.3 Å². The van der Waals surface area contributed by atoms with Gasteiger partial charge >= 0.3 is 0 Å². The number of hydrogen-bond acceptors (Lipinski definition) is 6. The number of aliphatic hydroxyl groups excluding tert-OH is 2. The van der Waals surface area contributed by atoms with Crippen molar-refractivity contribution >= 4 is 11.6 Å². The summed E-state index contributed by atoms with van der Waals surface area (Å²) in [6.45, 7) is 1.19. The van der Waals surface area contributed by atoms with Gasteiger partial charge in [-0.15, -0.1) is 0 Å². The minimum Gasteiger partial charge on any atom is -0.497 e. The zero-order valence-corrected chi connectivity index (χ0v) is 16.1. The highest BCUT2D eigenvalue weighted by Gasteiger charge is 2.14. The highest BCUT2D eigenvalue weighted by molar-refractivity contribution is 6.31. The summed E-state index contributed by atoms with van der Waals surface area (Å²) in [6, 6.07) is 8.39. The molecular formula is C20H23ClFNO5. The van der Waals surface area contributed by atoms with E-state index in [2.05, 4.69) is 0 Å². The Morgan fingerprint density at radius 2 is 2.07 bits per heavy atom. The van der Waals surface area contributed by atoms with Crippen LogP contribution in [0.3, 0.4) is 0 Å². The Morgan fingerprint density at radius 3 is 2.71 bits per heavy atom. The van der Waals surface area contributed by atoms with Gasteiger partial charge in [0.25, 0.3) is 0 Å². The van der Waals surface area contributed by atoms with E-state index in [0.717, 1.165) is 6.26 Å². The van der Waals surface area contributed by atoms with Crippen LogP contribution in [0.5, 0.6) is 5.75 Å². The van der Waals surface area contributed by atoms with Crippen LogP contribution in [0.15, 0.2) is 59.4 Å². The first kappa shape index (κ1) is 23.7. The smallest absolute Gasteiger partial charge is 0.178 e. The van der Waals surface area contributed by atoms with Crippen LogP contribution < -0.4 is 4.74 Å². The van der Waals surface area contributed by atoms with E-state index in [9.17, 15) is 9.50 Å². The number of hydrogen-bond donors (Lipinski definition) is 3. The Bertz CT molecular complexity index is 742. The molecule has 0 bridgehead atoms. The SMILES string of the molecule is C\C=C/C(Cl)=C\C(C#N)=C\OC[C@@H](F)COc1cccc(C[C@H](O)C(O)O)c1. The van der Waals surface area contributed by atoms with Crippen LogP contribution >= 0.6 is 11.6 Å². The molecular weight excluding hydrogens is 389 g/mol. The second-order valence-electron chi connectivity index (χ2n) is 5.79. The molecule has 2 atom stereocenters. The minimum absolute atomic E-state index is 0.0159. The van der Waals surface area contributed by atoms with Crippen molar-refractivity contribution in [3.05, 3.63) is 64.9 Å². The molecule has 0 aromatic heterocycles. The van der Waals surface area contributed by atoms with Crippen molar-refractivity contribution < 1.29 is 29.2 Å². The Morgan fingerprint density at radius 1 is 1.32 bits per heavy atom. The topological polar surface area (TPSA) is 103 Å². The summed E-state index contributed by atoms with van der Waals surface area (Å²) in [6.07, 6.45) is 1.25. The number of ether oxygens (including phenoxy) is 2. The number of halogens is 2. The number of benzene rings is 1. The molecule has 0 aliphatic rings. The monoisotopic (exact) mass is 411 g/mol. The Kier molecular flexibility index (Phi) is 10.9. The van der Waals surface area contributed by atoms with Crippen molar-refractivity contribution in [3.8, 4) is 11.8 Å². The summed E-state index contributed by atoms with van der Waals surface area (Å²) in [5.74, 6) is 0.370. The van der Waals surface area contributed by atoms with Crippen molar-refractivity contribution in [2.45, 2.75) is 31.9 Å². The summed E-state index contributed by atoms with van der Waals surface area (Å²) < 4.78 is 24.3. The maximum Gasteiger partial charge on any atom is 0.178 e. The van der Waals surface area contributed by atoms with Gasteiger partial charge in [0.2, 0.25) is 0 Å². The van der Waals surface area contributed by atoms with Gasteiger partial charge in [-0.05, 0) is 36.8 Å². The molecule has 0 heterocycles. The molecule has 0 aliphatic heterocycles. The van der Waals surface area contributed by atoms with E-state index in [1.807, 2.05) is 6.07 Å². The second-order valence-corrected chi connectivity index (χ2v) is 6.22. The summed E-state index contributed by atoms with van der Waals surface area (Å²) in [5, 5.41) is 36.6. The summed E-state index contributed by atoms with van der Waals surface area (Å²) in [4.78, 5) is 0. The molecule has 0 fully saturated rings. The maximum atomic E-state index is 13.9. The number of rotatable bonds is 11. The van der Waals surface area contributed by atoms with E-state index < -0.39 is 18.6 Å². The molecule has 0 radical (unpaired) electrons. The fourth-order valence-electron chi connectivity index (χ4n) is 2.03. The fraction of sp³-hybridized carbons (Fsp3) is 0.350. The molecule has 0 saturated carbocycles. The van der Waals surface area contributed by atoms with Crippen molar-refractivity contribution in [1.29, 1.82) is 5.26 Å². The Balaban J connectivity index is 2.50. The first-order valence-electron chi connectivity index (χ1n) is 8.47. The molecule has 0 aliphatic carbocycles. The van der Waals surface area contributed by atoms with Crippen molar-refractivity contribution in [2.24, 2.45) is 0 Å². The minimum atomic E-state index is -1.84. The maximum absolute atomic E-state index is 13.9. The first-order valence-corrected chi connectivity index (χ1v) is 8.85. The fourth-order valence-corrected chi connectivity index (χ4v) is 2.28. The normalized spacial score (nSPS) is 14.8. The third-order valence-electron chi connectivity index (χ3n) is 3.35. The van der Waals surface area contributed by atoms with Gasteiger partial charge < -0.3 is 24.8 Å². The second kappa shape index (κ2) is 12.9. The first-order chi connectivity index (χ1) is 13.3. The molecule has 8 heteroatoms. The molecule has 1 aromatic rings. The molecule has 1 aromatic carbocycles. The van der Waals surface area contributed by atoms with Crippen LogP contribution in [0.4, 0.5) is 4.39 Å². The number of allylic oxidation sites excluding steroid dienone is 5. The lowest BCUT2D eigenvalue weighted by molar-refractivity contribution is -0.120. The molecule has 3 N–H and O–H groups in total. The van der Waals surface area contributed by atoms with Crippen LogP contribution in [-0.4, -0.2) is 47.1 Å². The van der Waals surface area contributed by atoms with Gasteiger partial charge in [0.05, 0.1) is 5.57 Å². The average Bonchev–Trinajstić information content (AvgIpc) is 2.66. The molecule has 6 nitrogen and oxygen atoms in total. The largest absolute Gasteiger partial charge is 0.497 e. The molecule has 1 rings (SSSR count). The summed E-state index contributed by atoms with van der Waals surface area (Å²) in [7, 11) is 0. The molecule has 0 unspecified atom stereocenters. The highest BCUT2D eigenvalue weighted by atomic mass is 35.5. The van der Waals surface area contributed by atoms with Crippen LogP contribution in [0.25, 0.3) is 0 Å². The van der Waals surface area contributed by atoms with Gasteiger partial charge in [-0.3, -0.25) is 0 Å². The Hall–Kier alpha value is -2.37. The van der Waals surface area contributed by atoms with E-state index in [1.54, 1.807) is 43.3 Å². The summed E-state index contributed by atoms with van der Waals surface area (Å²) >= 11 is 5.86. The van der Waals surface area contributed by atoms with Crippen LogP contribution in [0.2, 0.25) is 0 Å². The lowest BCUT2D eigenvalue weighted by Gasteiger charge is -2.14. The van der Waals surface area contributed by atoms with Crippen molar-refractivity contribution in [1.82, 2.24) is 0 Å². The van der Waals surface area contributed by atoms with Gasteiger partial charge in [-0.2, -0.15) is 5.26 Å². The highest BCUT2D eigenvalue weighted by Crippen LogP contribution is 2.16. The van der Waals surface area contributed by atoms with Crippen molar-refractivity contribution in [2.75, 3.05) is 13.2 Å². The number of nitriles is 1. The average molecular weight is 412 g/mol. The lowest BCUT2D eigenvalue weighted by atomic mass is 10.1. The zero-order valence-electron chi connectivity index (χ0n) is 15.3. The van der Waals surface area contributed by atoms with Crippen molar-refractivity contribution in [3.63, 3.8) is 0 Å². The van der Waals surface area contributed by atoms with E-state index in [4.69, 9.17) is 36.5 Å². The Labute approximate surface area is 168 Å². The third kappa shape index (κ3) is 9.53. The number of alkyl halides is 1. The standard InChI is InChI=1S/C20H23ClFNO5/c1-2-4-16(21)7-15(10-23)11-27-12-17(22)13-28-18-6-3-5-14(8-18)9-19(24)20(25)26/h2-8,11,17,19-20,24-26H,9,12-13H2,1H3/b4-2-,15-11-,16-7+/t17-,19+/m1/s1. The van der Waals surface area contributed by atoms with Gasteiger partial charge in [0.15, 0.2) is 12.5 Å². The van der Waals surface area contributed by atoms with E-state index in [1.165, 1.54) is 6.08 Å². The van der Waals surface area contributed by atoms with Crippen LogP contribution in [0.1, 0.15) is 12.5 Å². The van der Waals surface area contributed by atoms with E-state index >= 15 is 0 Å². The van der Waals surface area contributed by atoms with Gasteiger partial charge in [0.1, 0.15) is 37.4 Å². The van der Waals surface area contributed by atoms with Gasteiger partial charge in [0, 0.05) is 11.5 Å². The van der Waals surface area contributed by atoms with Gasteiger partial charge in [-0.25, -0.2) is 4.39 Å². The number of nitrogens with zero attached hydrogens (tertiary/aromatic N) is 1. The predicted octanol–water partition coefficient (Wildman–Crippen LogP) is 2.74. The van der Waals surface area contributed by atoms with Gasteiger partial charge in [-0.1, -0.05) is 29.8 Å². The van der Waals surface area contributed by atoms with Crippen LogP contribution in [-0.2, 0) is 11.2 Å². The zero-order chi connectivity index (χ0) is 20.9. The molecule has 0 spiro atoms. The quantitative estimate of drug-likeness (QED) is 0.224. The molecule has 152 valence electrons. The third-order valence-corrected chi connectivity index (χ3v) is 3.59.